The lowest BCUT2D eigenvalue weighted by atomic mass is 9.88. The van der Waals surface area contributed by atoms with Crippen LogP contribution in [0.5, 0.6) is 0 Å². The zero-order valence-electron chi connectivity index (χ0n) is 12.5. The lowest BCUT2D eigenvalue weighted by molar-refractivity contribution is -0.122. The molecule has 0 spiro atoms. The first-order chi connectivity index (χ1) is 10.6. The lowest BCUT2D eigenvalue weighted by Gasteiger charge is -2.26. The first-order valence-corrected chi connectivity index (χ1v) is 7.36. The third-order valence-corrected chi connectivity index (χ3v) is 4.26. The molecule has 2 aromatic rings. The molecular weight excluding hydrogens is 278 g/mol. The molecule has 0 radical (unpaired) electrons. The quantitative estimate of drug-likeness (QED) is 0.846. The number of primary amides is 1. The summed E-state index contributed by atoms with van der Waals surface area (Å²) in [5.74, 6) is -0.880. The van der Waals surface area contributed by atoms with Crippen molar-refractivity contribution < 1.29 is 9.59 Å². The summed E-state index contributed by atoms with van der Waals surface area (Å²) in [5, 5.41) is 4.03. The number of benzene rings is 1. The highest BCUT2D eigenvalue weighted by atomic mass is 16.2. The summed E-state index contributed by atoms with van der Waals surface area (Å²) >= 11 is 0. The number of nitrogens with zero attached hydrogens (tertiary/aromatic N) is 1. The van der Waals surface area contributed by atoms with Crippen molar-refractivity contribution in [3.63, 3.8) is 0 Å². The molecule has 3 N–H and O–H groups in total. The van der Waals surface area contributed by atoms with Crippen LogP contribution >= 0.6 is 0 Å². The number of rotatable bonds is 3. The smallest absolute Gasteiger partial charge is 0.251 e. The fourth-order valence-corrected chi connectivity index (χ4v) is 2.94. The van der Waals surface area contributed by atoms with E-state index >= 15 is 0 Å². The van der Waals surface area contributed by atoms with Crippen molar-refractivity contribution in [3.8, 4) is 0 Å². The Balaban J connectivity index is 1.81. The Morgan fingerprint density at radius 3 is 2.77 bits per heavy atom. The van der Waals surface area contributed by atoms with Crippen LogP contribution in [-0.2, 0) is 11.8 Å². The molecule has 2 amide bonds. The molecule has 0 saturated heterocycles. The maximum atomic E-state index is 12.5. The van der Waals surface area contributed by atoms with Crippen molar-refractivity contribution in [2.75, 3.05) is 0 Å². The molecule has 0 fully saturated rings. The Bertz CT molecular complexity index is 760. The van der Waals surface area contributed by atoms with Gasteiger partial charge in [-0.1, -0.05) is 18.2 Å². The number of fused-ring (bicyclic) bond motifs is 1. The molecule has 0 unspecified atom stereocenters. The molecule has 3 rings (SSSR count). The van der Waals surface area contributed by atoms with E-state index in [0.717, 1.165) is 10.9 Å². The summed E-state index contributed by atoms with van der Waals surface area (Å²) in [5.41, 5.74) is 7.02. The monoisotopic (exact) mass is 297 g/mol. The highest BCUT2D eigenvalue weighted by Crippen LogP contribution is 2.20. The molecular formula is C17H19N3O2. The van der Waals surface area contributed by atoms with Gasteiger partial charge in [-0.2, -0.15) is 0 Å². The van der Waals surface area contributed by atoms with Crippen LogP contribution in [-0.4, -0.2) is 22.4 Å². The van der Waals surface area contributed by atoms with Crippen LogP contribution in [0.25, 0.3) is 10.9 Å². The Kier molecular flexibility index (Phi) is 3.71. The molecule has 22 heavy (non-hydrogen) atoms. The fourth-order valence-electron chi connectivity index (χ4n) is 2.94. The van der Waals surface area contributed by atoms with Gasteiger partial charge in [0.05, 0.1) is 5.92 Å². The average Bonchev–Trinajstić information content (AvgIpc) is 2.88. The highest BCUT2D eigenvalue weighted by Gasteiger charge is 2.28. The molecule has 0 aliphatic heterocycles. The third kappa shape index (κ3) is 2.62. The summed E-state index contributed by atoms with van der Waals surface area (Å²) in [6.07, 6.45) is 7.09. The van der Waals surface area contributed by atoms with Crippen LogP contribution < -0.4 is 11.1 Å². The van der Waals surface area contributed by atoms with Gasteiger partial charge >= 0.3 is 0 Å². The van der Waals surface area contributed by atoms with Crippen LogP contribution in [0.4, 0.5) is 0 Å². The van der Waals surface area contributed by atoms with Crippen LogP contribution in [0.15, 0.2) is 42.6 Å². The molecule has 1 heterocycles. The van der Waals surface area contributed by atoms with Crippen molar-refractivity contribution in [1.29, 1.82) is 0 Å². The number of aryl methyl sites for hydroxylation is 1. The van der Waals surface area contributed by atoms with E-state index in [0.29, 0.717) is 18.4 Å². The van der Waals surface area contributed by atoms with Gasteiger partial charge < -0.3 is 15.6 Å². The SMILES string of the molecule is Cn1ccc2ccc(C(=O)N[C@@H]3CC=CC[C@H]3C(N)=O)cc21. The van der Waals surface area contributed by atoms with Gasteiger partial charge in [0.25, 0.3) is 5.91 Å². The van der Waals surface area contributed by atoms with E-state index in [2.05, 4.69) is 5.32 Å². The van der Waals surface area contributed by atoms with E-state index in [-0.39, 0.29) is 23.8 Å². The highest BCUT2D eigenvalue weighted by molar-refractivity contribution is 5.98. The second kappa shape index (κ2) is 5.67. The molecule has 0 bridgehead atoms. The van der Waals surface area contributed by atoms with Gasteiger partial charge in [-0.25, -0.2) is 0 Å². The maximum Gasteiger partial charge on any atom is 0.251 e. The van der Waals surface area contributed by atoms with Crippen molar-refractivity contribution in [2.45, 2.75) is 18.9 Å². The summed E-state index contributed by atoms with van der Waals surface area (Å²) in [6, 6.07) is 7.36. The molecule has 1 aromatic heterocycles. The van der Waals surface area contributed by atoms with E-state index in [4.69, 9.17) is 5.73 Å². The largest absolute Gasteiger partial charge is 0.369 e. The van der Waals surface area contributed by atoms with Crippen LogP contribution in [0, 0.1) is 5.92 Å². The number of allylic oxidation sites excluding steroid dienone is 1. The van der Waals surface area contributed by atoms with Crippen LogP contribution in [0.1, 0.15) is 23.2 Å². The van der Waals surface area contributed by atoms with Crippen molar-refractivity contribution in [3.05, 3.63) is 48.2 Å². The number of hydrogen-bond acceptors (Lipinski definition) is 2. The minimum absolute atomic E-state index is 0.172. The molecule has 1 aliphatic carbocycles. The Hall–Kier alpha value is -2.56. The zero-order chi connectivity index (χ0) is 15.7. The summed E-state index contributed by atoms with van der Waals surface area (Å²) in [6.45, 7) is 0. The van der Waals surface area contributed by atoms with Gasteiger partial charge in [0.15, 0.2) is 0 Å². The first-order valence-electron chi connectivity index (χ1n) is 7.36. The normalized spacial score (nSPS) is 21.0. The van der Waals surface area contributed by atoms with E-state index in [1.807, 2.05) is 48.2 Å². The summed E-state index contributed by atoms with van der Waals surface area (Å²) in [4.78, 5) is 24.0. The fraction of sp³-hybridized carbons (Fsp3) is 0.294. The molecule has 2 atom stereocenters. The Morgan fingerprint density at radius 1 is 1.23 bits per heavy atom. The number of hydrogen-bond donors (Lipinski definition) is 2. The van der Waals surface area contributed by atoms with Crippen LogP contribution in [0.2, 0.25) is 0 Å². The minimum atomic E-state index is -0.368. The van der Waals surface area contributed by atoms with E-state index in [1.54, 1.807) is 6.07 Å². The predicted octanol–water partition coefficient (Wildman–Crippen LogP) is 1.73. The number of nitrogens with two attached hydrogens (primary N) is 1. The topological polar surface area (TPSA) is 77.1 Å². The zero-order valence-corrected chi connectivity index (χ0v) is 12.5. The Labute approximate surface area is 128 Å². The van der Waals surface area contributed by atoms with Gasteiger partial charge in [-0.15, -0.1) is 0 Å². The molecule has 5 heteroatoms. The minimum Gasteiger partial charge on any atom is -0.369 e. The number of nitrogens with one attached hydrogen (secondary N) is 1. The van der Waals surface area contributed by atoms with Gasteiger partial charge in [-0.3, -0.25) is 9.59 Å². The third-order valence-electron chi connectivity index (χ3n) is 4.26. The van der Waals surface area contributed by atoms with E-state index in [1.165, 1.54) is 0 Å². The summed E-state index contributed by atoms with van der Waals surface area (Å²) in [7, 11) is 1.94. The van der Waals surface area contributed by atoms with Crippen molar-refractivity contribution in [2.24, 2.45) is 18.7 Å². The number of carbonyl (C=O) groups excluding carboxylic acids is 2. The van der Waals surface area contributed by atoms with Crippen molar-refractivity contribution in [1.82, 2.24) is 9.88 Å². The second-order valence-electron chi connectivity index (χ2n) is 5.73. The van der Waals surface area contributed by atoms with E-state index < -0.39 is 0 Å². The van der Waals surface area contributed by atoms with Gasteiger partial charge in [0.2, 0.25) is 5.91 Å². The second-order valence-corrected chi connectivity index (χ2v) is 5.73. The van der Waals surface area contributed by atoms with Gasteiger partial charge in [-0.05, 0) is 36.4 Å². The predicted molar refractivity (Wildman–Crippen MR) is 85.2 cm³/mol. The Morgan fingerprint density at radius 2 is 2.00 bits per heavy atom. The van der Waals surface area contributed by atoms with Gasteiger partial charge in [0.1, 0.15) is 0 Å². The standard InChI is InChI=1S/C17H19N3O2/c1-20-9-8-11-6-7-12(10-15(11)20)17(22)19-14-5-3-2-4-13(14)16(18)21/h2-3,6-10,13-14H,4-5H2,1H3,(H2,18,21)(H,19,22)/t13-,14-/m1/s1. The van der Waals surface area contributed by atoms with Gasteiger partial charge in [0, 0.05) is 30.4 Å². The number of amides is 2. The van der Waals surface area contributed by atoms with E-state index in [9.17, 15) is 9.59 Å². The number of carbonyl (C=O) groups is 2. The number of aromatic nitrogens is 1. The maximum absolute atomic E-state index is 12.5. The molecule has 114 valence electrons. The molecule has 0 saturated carbocycles. The van der Waals surface area contributed by atoms with Crippen LogP contribution in [0.3, 0.4) is 0 Å². The molecule has 1 aliphatic rings. The lowest BCUT2D eigenvalue weighted by Crippen LogP contribution is -2.46. The molecule has 1 aromatic carbocycles. The first kappa shape index (κ1) is 14.4. The summed E-state index contributed by atoms with van der Waals surface area (Å²) < 4.78 is 1.97. The average molecular weight is 297 g/mol. The molecule has 5 nitrogen and oxygen atoms in total. The van der Waals surface area contributed by atoms with Crippen molar-refractivity contribution >= 4 is 22.7 Å².